The van der Waals surface area contributed by atoms with Gasteiger partial charge in [-0.2, -0.15) is 0 Å². The molecule has 5 fully saturated rings. The minimum absolute atomic E-state index is 0.0316. The van der Waals surface area contributed by atoms with Gasteiger partial charge in [0, 0.05) is 50.0 Å². The summed E-state index contributed by atoms with van der Waals surface area (Å²) in [5.74, 6) is -0.0488. The number of rotatable bonds is 8. The Kier molecular flexibility index (Phi) is 9.88. The van der Waals surface area contributed by atoms with Crippen LogP contribution in [0.5, 0.6) is 0 Å². The molecule has 1 heterocycles. The number of nitrogens with zero attached hydrogens (tertiary/aromatic N) is 2. The highest BCUT2D eigenvalue weighted by molar-refractivity contribution is 6.00. The fourth-order valence-electron chi connectivity index (χ4n) is 13.5. The molecule has 0 bridgehead atoms. The van der Waals surface area contributed by atoms with E-state index in [0.717, 1.165) is 56.9 Å². The van der Waals surface area contributed by atoms with Crippen molar-refractivity contribution in [3.05, 3.63) is 11.1 Å². The average molecular weight is 726 g/mol. The van der Waals surface area contributed by atoms with Crippen molar-refractivity contribution in [2.75, 3.05) is 32.7 Å². The number of aliphatic carboxylic acids is 1. The maximum absolute atomic E-state index is 14.1. The lowest BCUT2D eigenvalue weighted by atomic mass is 9.33. The number of β-amino-alcohol motifs (C(OH)–C–C–N with tert-alkyl or cyclic N) is 1. The van der Waals surface area contributed by atoms with E-state index in [1.807, 2.05) is 0 Å². The van der Waals surface area contributed by atoms with E-state index >= 15 is 0 Å². The number of urea groups is 1. The van der Waals surface area contributed by atoms with Crippen LogP contribution in [0.15, 0.2) is 11.1 Å². The predicted molar refractivity (Wildman–Crippen MR) is 199 cm³/mol. The number of carbonyl (C=O) groups is 4. The van der Waals surface area contributed by atoms with E-state index in [1.54, 1.807) is 18.7 Å². The van der Waals surface area contributed by atoms with Gasteiger partial charge in [-0.3, -0.25) is 19.3 Å². The van der Waals surface area contributed by atoms with Gasteiger partial charge in [0.2, 0.25) is 0 Å². The Morgan fingerprint density at radius 2 is 1.56 bits per heavy atom. The van der Waals surface area contributed by atoms with Crippen molar-refractivity contribution in [1.29, 1.82) is 0 Å². The zero-order chi connectivity index (χ0) is 38.4. The van der Waals surface area contributed by atoms with Crippen LogP contribution in [0.1, 0.15) is 127 Å². The van der Waals surface area contributed by atoms with Crippen LogP contribution in [0.4, 0.5) is 4.79 Å². The van der Waals surface area contributed by atoms with Crippen molar-refractivity contribution in [2.45, 2.75) is 139 Å². The SMILES string of the molecule is CC(C)C1=C2[C@H]3CC[C@@H]4[C@@]5(C)CC[C@H](OC(=O)CC(C)(C)C(=O)O)C(C)(C)[C@@H]5CC[C@@]4(C)[C@]3(C)CC[C@@]2([C@H](O)CN2CCN(C(N)=O)CC2)CC1=O. The van der Waals surface area contributed by atoms with E-state index in [0.29, 0.717) is 51.0 Å². The summed E-state index contributed by atoms with van der Waals surface area (Å²) in [6.45, 7) is 22.5. The first-order valence-electron chi connectivity index (χ1n) is 20.2. The first kappa shape index (κ1) is 39.2. The number of aliphatic hydroxyl groups is 1. The van der Waals surface area contributed by atoms with Gasteiger partial charge in [-0.1, -0.05) is 54.0 Å². The van der Waals surface area contributed by atoms with Crippen LogP contribution < -0.4 is 5.73 Å². The third-order valence-corrected chi connectivity index (χ3v) is 16.6. The van der Waals surface area contributed by atoms with Crippen LogP contribution in [0, 0.1) is 56.2 Å². The molecular weight excluding hydrogens is 658 g/mol. The van der Waals surface area contributed by atoms with Crippen molar-refractivity contribution in [1.82, 2.24) is 9.80 Å². The number of ketones is 1. The molecule has 292 valence electrons. The van der Waals surface area contributed by atoms with E-state index < -0.39 is 34.9 Å². The van der Waals surface area contributed by atoms with Gasteiger partial charge < -0.3 is 25.6 Å². The number of Topliss-reactive ketones (excluding diaryl/α,β-unsaturated/α-hetero) is 1. The number of carboxylic acid groups (broad SMARTS) is 1. The zero-order valence-electron chi connectivity index (χ0n) is 33.5. The first-order chi connectivity index (χ1) is 24.0. The van der Waals surface area contributed by atoms with Gasteiger partial charge in [-0.05, 0) is 111 Å². The first-order valence-corrected chi connectivity index (χ1v) is 20.2. The molecule has 9 atom stereocenters. The third-order valence-electron chi connectivity index (χ3n) is 16.6. The average Bonchev–Trinajstić information content (AvgIpc) is 3.36. The Morgan fingerprint density at radius 1 is 0.904 bits per heavy atom. The van der Waals surface area contributed by atoms with E-state index in [-0.39, 0.29) is 51.8 Å². The zero-order valence-corrected chi connectivity index (χ0v) is 33.5. The van der Waals surface area contributed by atoms with Gasteiger partial charge in [0.15, 0.2) is 5.78 Å². The standard InChI is InChI=1S/C42H67N3O7/c1-25(2)33-27(46)22-42(30(47)24-44-18-20-45(21-19-44)36(43)51)17-16-40(8)26(34(33)42)10-11-29-39(7)14-13-31(52-32(48)23-37(3,4)35(49)50)38(5,6)28(39)12-15-41(29,40)9/h25-26,28-31,47H,10-24H2,1-9H3,(H2,43,51)(H,49,50)/t26-,28+,29-,30-,31+,39+,40-,41-,42+/m1/s1. The van der Waals surface area contributed by atoms with E-state index in [4.69, 9.17) is 10.5 Å². The van der Waals surface area contributed by atoms with E-state index in [2.05, 4.69) is 53.4 Å². The van der Waals surface area contributed by atoms with Crippen LogP contribution in [0.3, 0.4) is 0 Å². The largest absolute Gasteiger partial charge is 0.481 e. The van der Waals surface area contributed by atoms with Crippen LogP contribution in [0.25, 0.3) is 0 Å². The molecule has 0 radical (unpaired) electrons. The number of hydrogen-bond acceptors (Lipinski definition) is 7. The summed E-state index contributed by atoms with van der Waals surface area (Å²) in [5, 5.41) is 21.9. The highest BCUT2D eigenvalue weighted by atomic mass is 16.5. The third kappa shape index (κ3) is 5.86. The molecule has 4 N–H and O–H groups in total. The van der Waals surface area contributed by atoms with Crippen LogP contribution >= 0.6 is 0 Å². The topological polar surface area (TPSA) is 150 Å². The number of aliphatic hydroxyl groups excluding tert-OH is 1. The molecule has 0 spiro atoms. The number of hydrogen-bond donors (Lipinski definition) is 3. The molecule has 6 aliphatic rings. The molecule has 10 heteroatoms. The molecule has 1 saturated heterocycles. The number of carboxylic acids is 1. The van der Waals surface area contributed by atoms with Crippen molar-refractivity contribution < 1.29 is 34.1 Å². The number of allylic oxidation sites excluding steroid dienone is 1. The molecule has 0 aromatic rings. The van der Waals surface area contributed by atoms with Gasteiger partial charge in [0.25, 0.3) is 0 Å². The van der Waals surface area contributed by atoms with Crippen molar-refractivity contribution in [2.24, 2.45) is 61.9 Å². The number of ether oxygens (including phenoxy) is 1. The summed E-state index contributed by atoms with van der Waals surface area (Å²) in [6, 6.07) is -0.400. The lowest BCUT2D eigenvalue weighted by Crippen LogP contribution is -2.66. The number of piperazine rings is 1. The van der Waals surface area contributed by atoms with Gasteiger partial charge in [-0.25, -0.2) is 4.79 Å². The maximum Gasteiger partial charge on any atom is 0.314 e. The van der Waals surface area contributed by atoms with Crippen molar-refractivity contribution in [3.63, 3.8) is 0 Å². The Labute approximate surface area is 311 Å². The molecule has 52 heavy (non-hydrogen) atoms. The Morgan fingerprint density at radius 3 is 2.15 bits per heavy atom. The lowest BCUT2D eigenvalue weighted by Gasteiger charge is -2.72. The minimum atomic E-state index is -1.17. The number of primary amides is 1. The second kappa shape index (κ2) is 13.1. The highest BCUT2D eigenvalue weighted by Gasteiger charge is 2.71. The Bertz CT molecular complexity index is 1510. The predicted octanol–water partition coefficient (Wildman–Crippen LogP) is 6.44. The maximum atomic E-state index is 14.1. The summed E-state index contributed by atoms with van der Waals surface area (Å²) in [6.07, 6.45) is 7.03. The number of amides is 2. The summed E-state index contributed by atoms with van der Waals surface area (Å²) in [5.41, 5.74) is 5.87. The van der Waals surface area contributed by atoms with Crippen LogP contribution in [0.2, 0.25) is 0 Å². The lowest BCUT2D eigenvalue weighted by molar-refractivity contribution is -0.235. The number of fused-ring (bicyclic) bond motifs is 7. The molecule has 10 nitrogen and oxygen atoms in total. The Balaban J connectivity index is 1.27. The number of nitrogens with two attached hydrogens (primary N) is 1. The van der Waals surface area contributed by atoms with E-state index in [1.165, 1.54) is 5.57 Å². The molecule has 6 rings (SSSR count). The van der Waals surface area contributed by atoms with Gasteiger partial charge >= 0.3 is 18.0 Å². The number of esters is 1. The number of carbonyl (C=O) groups excluding carboxylic acids is 3. The quantitative estimate of drug-likeness (QED) is 0.242. The normalized spacial score (nSPS) is 39.7. The second-order valence-electron chi connectivity index (χ2n) is 20.2. The molecule has 0 aromatic carbocycles. The van der Waals surface area contributed by atoms with Crippen LogP contribution in [-0.4, -0.2) is 88.7 Å². The van der Waals surface area contributed by atoms with Gasteiger partial charge in [0.05, 0.1) is 17.9 Å². The molecule has 0 aromatic heterocycles. The van der Waals surface area contributed by atoms with Crippen molar-refractivity contribution >= 4 is 23.8 Å². The highest BCUT2D eigenvalue weighted by Crippen LogP contribution is 2.77. The molecular formula is C42H67N3O7. The molecule has 4 saturated carbocycles. The van der Waals surface area contributed by atoms with Crippen molar-refractivity contribution in [3.8, 4) is 0 Å². The summed E-state index contributed by atoms with van der Waals surface area (Å²) in [4.78, 5) is 54.5. The monoisotopic (exact) mass is 725 g/mol. The minimum Gasteiger partial charge on any atom is -0.481 e. The fraction of sp³-hybridized carbons (Fsp3) is 0.857. The molecule has 1 aliphatic heterocycles. The summed E-state index contributed by atoms with van der Waals surface area (Å²) >= 11 is 0. The Hall–Kier alpha value is -2.46. The molecule has 5 aliphatic carbocycles. The summed E-state index contributed by atoms with van der Waals surface area (Å²) in [7, 11) is 0. The van der Waals surface area contributed by atoms with Crippen LogP contribution in [-0.2, 0) is 19.1 Å². The summed E-state index contributed by atoms with van der Waals surface area (Å²) < 4.78 is 6.16. The smallest absolute Gasteiger partial charge is 0.314 e. The molecule has 0 unspecified atom stereocenters. The second-order valence-corrected chi connectivity index (χ2v) is 20.2. The van der Waals surface area contributed by atoms with Gasteiger partial charge in [0.1, 0.15) is 6.10 Å². The molecule has 2 amide bonds. The fourth-order valence-corrected chi connectivity index (χ4v) is 13.5. The van der Waals surface area contributed by atoms with E-state index in [9.17, 15) is 29.4 Å². The van der Waals surface area contributed by atoms with Gasteiger partial charge in [-0.15, -0.1) is 0 Å².